The SMILES string of the molecule is CC[C@H](COC(=O)NC1CCCCC1)N1C(=O)CS[C@H]1c1ccc(Cl)cc1Cl. The minimum absolute atomic E-state index is 0.0316. The molecule has 154 valence electrons. The van der Waals surface area contributed by atoms with Gasteiger partial charge in [0.25, 0.3) is 0 Å². The second kappa shape index (κ2) is 10.1. The number of hydrogen-bond donors (Lipinski definition) is 1. The predicted octanol–water partition coefficient (Wildman–Crippen LogP) is 5.40. The number of amides is 2. The first-order valence-corrected chi connectivity index (χ1v) is 11.6. The molecule has 1 aliphatic carbocycles. The van der Waals surface area contributed by atoms with E-state index in [1.807, 2.05) is 13.0 Å². The maximum Gasteiger partial charge on any atom is 0.407 e. The molecule has 0 unspecified atom stereocenters. The van der Waals surface area contributed by atoms with E-state index in [0.717, 1.165) is 31.2 Å². The quantitative estimate of drug-likeness (QED) is 0.637. The fourth-order valence-electron chi connectivity index (χ4n) is 3.79. The number of nitrogens with zero attached hydrogens (tertiary/aromatic N) is 1. The van der Waals surface area contributed by atoms with Crippen molar-refractivity contribution in [2.75, 3.05) is 12.4 Å². The second-order valence-electron chi connectivity index (χ2n) is 7.27. The maximum absolute atomic E-state index is 12.6. The molecular weight excluding hydrogens is 419 g/mol. The summed E-state index contributed by atoms with van der Waals surface area (Å²) in [4.78, 5) is 26.6. The molecule has 2 atom stereocenters. The predicted molar refractivity (Wildman–Crippen MR) is 114 cm³/mol. The highest BCUT2D eigenvalue weighted by atomic mass is 35.5. The number of thioether (sulfide) groups is 1. The third kappa shape index (κ3) is 5.28. The van der Waals surface area contributed by atoms with Crippen LogP contribution in [0.2, 0.25) is 10.0 Å². The van der Waals surface area contributed by atoms with Crippen LogP contribution in [-0.4, -0.2) is 41.3 Å². The molecule has 0 radical (unpaired) electrons. The van der Waals surface area contributed by atoms with Crippen molar-refractivity contribution < 1.29 is 14.3 Å². The molecule has 3 rings (SSSR count). The Kier molecular flexibility index (Phi) is 7.77. The molecule has 8 heteroatoms. The monoisotopic (exact) mass is 444 g/mol. The van der Waals surface area contributed by atoms with Gasteiger partial charge in [-0.3, -0.25) is 4.79 Å². The van der Waals surface area contributed by atoms with Gasteiger partial charge in [-0.05, 0) is 31.4 Å². The van der Waals surface area contributed by atoms with Gasteiger partial charge in [0.2, 0.25) is 5.91 Å². The standard InChI is InChI=1S/C20H26Cl2N2O3S/c1-2-15(11-27-20(26)23-14-6-4-3-5-7-14)24-18(25)12-28-19(24)16-9-8-13(21)10-17(16)22/h8-10,14-15,19H,2-7,11-12H2,1H3,(H,23,26)/t15-,19+/m1/s1. The van der Waals surface area contributed by atoms with Crippen molar-refractivity contribution in [1.82, 2.24) is 10.2 Å². The number of nitrogens with one attached hydrogen (secondary N) is 1. The molecule has 1 heterocycles. The zero-order chi connectivity index (χ0) is 20.1. The van der Waals surface area contributed by atoms with Crippen LogP contribution in [0.25, 0.3) is 0 Å². The topological polar surface area (TPSA) is 58.6 Å². The zero-order valence-corrected chi connectivity index (χ0v) is 18.3. The van der Waals surface area contributed by atoms with Crippen LogP contribution in [0.3, 0.4) is 0 Å². The highest BCUT2D eigenvalue weighted by Gasteiger charge is 2.38. The number of hydrogen-bond acceptors (Lipinski definition) is 4. The lowest BCUT2D eigenvalue weighted by Crippen LogP contribution is -2.43. The van der Waals surface area contributed by atoms with Crippen LogP contribution in [0.1, 0.15) is 56.4 Å². The van der Waals surface area contributed by atoms with Gasteiger partial charge in [0.1, 0.15) is 12.0 Å². The van der Waals surface area contributed by atoms with Crippen LogP contribution < -0.4 is 5.32 Å². The Labute approximate surface area is 180 Å². The molecule has 1 N–H and O–H groups in total. The molecule has 2 fully saturated rings. The van der Waals surface area contributed by atoms with Gasteiger partial charge in [-0.2, -0.15) is 0 Å². The number of benzene rings is 1. The van der Waals surface area contributed by atoms with Gasteiger partial charge in [0.05, 0.1) is 11.8 Å². The Balaban J connectivity index is 1.63. The van der Waals surface area contributed by atoms with Crippen molar-refractivity contribution in [2.24, 2.45) is 0 Å². The Morgan fingerprint density at radius 1 is 1.32 bits per heavy atom. The Morgan fingerprint density at radius 2 is 2.07 bits per heavy atom. The largest absolute Gasteiger partial charge is 0.447 e. The Hall–Kier alpha value is -1.11. The normalized spacial score (nSPS) is 21.6. The van der Waals surface area contributed by atoms with E-state index < -0.39 is 6.09 Å². The summed E-state index contributed by atoms with van der Waals surface area (Å²) >= 11 is 13.9. The maximum atomic E-state index is 12.6. The van der Waals surface area contributed by atoms with E-state index in [1.165, 1.54) is 18.2 Å². The van der Waals surface area contributed by atoms with E-state index in [-0.39, 0.29) is 30.0 Å². The number of halogens is 2. The fourth-order valence-corrected chi connectivity index (χ4v) is 5.66. The van der Waals surface area contributed by atoms with E-state index in [1.54, 1.807) is 17.0 Å². The minimum Gasteiger partial charge on any atom is -0.447 e. The Bertz CT molecular complexity index is 713. The fraction of sp³-hybridized carbons (Fsp3) is 0.600. The van der Waals surface area contributed by atoms with Crippen molar-refractivity contribution in [3.8, 4) is 0 Å². The van der Waals surface area contributed by atoms with Gasteiger partial charge in [-0.1, -0.05) is 55.5 Å². The summed E-state index contributed by atoms with van der Waals surface area (Å²) in [6, 6.07) is 5.33. The molecule has 5 nitrogen and oxygen atoms in total. The zero-order valence-electron chi connectivity index (χ0n) is 16.0. The Morgan fingerprint density at radius 3 is 2.75 bits per heavy atom. The molecule has 0 aromatic heterocycles. The van der Waals surface area contributed by atoms with E-state index in [0.29, 0.717) is 22.2 Å². The average Bonchev–Trinajstić information content (AvgIpc) is 3.04. The molecule has 1 saturated carbocycles. The molecule has 1 aromatic rings. The van der Waals surface area contributed by atoms with Crippen molar-refractivity contribution in [1.29, 1.82) is 0 Å². The van der Waals surface area contributed by atoms with Crippen LogP contribution >= 0.6 is 35.0 Å². The molecule has 2 amide bonds. The van der Waals surface area contributed by atoms with E-state index in [9.17, 15) is 9.59 Å². The van der Waals surface area contributed by atoms with Gasteiger partial charge in [-0.25, -0.2) is 4.79 Å². The van der Waals surface area contributed by atoms with Gasteiger partial charge in [0, 0.05) is 21.7 Å². The summed E-state index contributed by atoms with van der Waals surface area (Å²) in [6.07, 6.45) is 5.82. The van der Waals surface area contributed by atoms with E-state index >= 15 is 0 Å². The lowest BCUT2D eigenvalue weighted by Gasteiger charge is -2.32. The van der Waals surface area contributed by atoms with Gasteiger partial charge < -0.3 is 15.0 Å². The van der Waals surface area contributed by atoms with Gasteiger partial charge in [0.15, 0.2) is 0 Å². The number of rotatable bonds is 6. The first-order chi connectivity index (χ1) is 13.5. The van der Waals surface area contributed by atoms with Gasteiger partial charge >= 0.3 is 6.09 Å². The molecule has 0 spiro atoms. The van der Waals surface area contributed by atoms with Crippen LogP contribution in [0.15, 0.2) is 18.2 Å². The molecule has 1 aromatic carbocycles. The molecule has 28 heavy (non-hydrogen) atoms. The second-order valence-corrected chi connectivity index (χ2v) is 9.18. The van der Waals surface area contributed by atoms with Crippen molar-refractivity contribution in [3.05, 3.63) is 33.8 Å². The minimum atomic E-state index is -0.397. The number of ether oxygens (including phenoxy) is 1. The van der Waals surface area contributed by atoms with Crippen LogP contribution in [0.5, 0.6) is 0 Å². The van der Waals surface area contributed by atoms with Crippen LogP contribution in [0, 0.1) is 0 Å². The summed E-state index contributed by atoms with van der Waals surface area (Å²) in [5.74, 6) is 0.415. The first kappa shape index (κ1) is 21.6. The smallest absolute Gasteiger partial charge is 0.407 e. The summed E-state index contributed by atoms with van der Waals surface area (Å²) in [5.41, 5.74) is 0.854. The lowest BCUT2D eigenvalue weighted by molar-refractivity contribution is -0.131. The lowest BCUT2D eigenvalue weighted by atomic mass is 9.96. The summed E-state index contributed by atoms with van der Waals surface area (Å²) in [7, 11) is 0. The highest BCUT2D eigenvalue weighted by Crippen LogP contribution is 2.43. The third-order valence-corrected chi connectivity index (χ3v) is 7.11. The number of alkyl carbamates (subject to hydrolysis) is 1. The average molecular weight is 445 g/mol. The van der Waals surface area contributed by atoms with Crippen LogP contribution in [-0.2, 0) is 9.53 Å². The van der Waals surface area contributed by atoms with Crippen molar-refractivity contribution in [2.45, 2.75) is 62.9 Å². The van der Waals surface area contributed by atoms with Crippen molar-refractivity contribution >= 4 is 47.0 Å². The highest BCUT2D eigenvalue weighted by molar-refractivity contribution is 8.00. The number of carbonyl (C=O) groups is 2. The first-order valence-electron chi connectivity index (χ1n) is 9.80. The summed E-state index contributed by atoms with van der Waals surface area (Å²) in [5, 5.41) is 3.85. The molecule has 2 aliphatic rings. The third-order valence-electron chi connectivity index (χ3n) is 5.33. The molecular formula is C20H26Cl2N2O3S. The van der Waals surface area contributed by atoms with Crippen LogP contribution in [0.4, 0.5) is 4.79 Å². The number of carbonyl (C=O) groups excluding carboxylic acids is 2. The molecule has 1 saturated heterocycles. The van der Waals surface area contributed by atoms with Crippen molar-refractivity contribution in [3.63, 3.8) is 0 Å². The molecule has 1 aliphatic heterocycles. The molecule has 0 bridgehead atoms. The summed E-state index contributed by atoms with van der Waals surface area (Å²) < 4.78 is 5.48. The van der Waals surface area contributed by atoms with E-state index in [2.05, 4.69) is 5.32 Å². The van der Waals surface area contributed by atoms with Gasteiger partial charge in [-0.15, -0.1) is 11.8 Å². The summed E-state index contributed by atoms with van der Waals surface area (Å²) in [6.45, 7) is 2.16. The van der Waals surface area contributed by atoms with E-state index in [4.69, 9.17) is 27.9 Å².